The van der Waals surface area contributed by atoms with Gasteiger partial charge in [0.15, 0.2) is 0 Å². The zero-order valence-corrected chi connectivity index (χ0v) is 12.1. The molecule has 1 N–H and O–H groups in total. The summed E-state index contributed by atoms with van der Waals surface area (Å²) in [4.78, 5) is 11.7. The first-order valence-electron chi connectivity index (χ1n) is 5.52. The number of benzene rings is 1. The van der Waals surface area contributed by atoms with Crippen LogP contribution in [0.15, 0.2) is 22.7 Å². The largest absolute Gasteiger partial charge is 0.380 e. The predicted molar refractivity (Wildman–Crippen MR) is 72.6 cm³/mol. The van der Waals surface area contributed by atoms with Crippen molar-refractivity contribution in [3.05, 3.63) is 34.1 Å². The van der Waals surface area contributed by atoms with Crippen molar-refractivity contribution in [2.24, 2.45) is 0 Å². The number of rotatable bonds is 7. The summed E-state index contributed by atoms with van der Waals surface area (Å²) in [7, 11) is 0. The average molecular weight is 339 g/mol. The van der Waals surface area contributed by atoms with Crippen LogP contribution < -0.4 is 5.32 Å². The van der Waals surface area contributed by atoms with E-state index in [1.807, 2.05) is 0 Å². The molecule has 0 saturated carbocycles. The smallest absolute Gasteiger partial charge is 0.252 e. The number of carbonyl (C=O) groups excluding carboxylic acids is 1. The van der Waals surface area contributed by atoms with Crippen LogP contribution in [0.1, 0.15) is 16.8 Å². The fraction of sp³-hybridized carbons (Fsp3) is 0.417. The van der Waals surface area contributed by atoms with E-state index in [0.717, 1.165) is 0 Å². The lowest BCUT2D eigenvalue weighted by atomic mass is 10.2. The van der Waals surface area contributed by atoms with Gasteiger partial charge in [0.2, 0.25) is 0 Å². The average Bonchev–Trinajstić information content (AvgIpc) is 2.36. The van der Waals surface area contributed by atoms with Gasteiger partial charge >= 0.3 is 0 Å². The molecule has 18 heavy (non-hydrogen) atoms. The third-order valence-corrected chi connectivity index (χ3v) is 2.99. The molecule has 6 heteroatoms. The van der Waals surface area contributed by atoms with Crippen LogP contribution in [0.4, 0.5) is 4.39 Å². The van der Waals surface area contributed by atoms with E-state index in [1.165, 1.54) is 18.2 Å². The molecule has 3 nitrogen and oxygen atoms in total. The zero-order valence-electron chi connectivity index (χ0n) is 9.72. The zero-order chi connectivity index (χ0) is 13.4. The summed E-state index contributed by atoms with van der Waals surface area (Å²) in [5.74, 6) is -0.282. The first-order valence-corrected chi connectivity index (χ1v) is 6.85. The quantitative estimate of drug-likeness (QED) is 0.613. The minimum Gasteiger partial charge on any atom is -0.380 e. The molecule has 1 aromatic carbocycles. The number of hydrogen-bond acceptors (Lipinski definition) is 2. The highest BCUT2D eigenvalue weighted by molar-refractivity contribution is 9.10. The summed E-state index contributed by atoms with van der Waals surface area (Å²) in [6.45, 7) is 1.52. The van der Waals surface area contributed by atoms with Gasteiger partial charge in [-0.3, -0.25) is 4.79 Å². The van der Waals surface area contributed by atoms with Crippen LogP contribution in [0, 0.1) is 5.82 Å². The van der Waals surface area contributed by atoms with Crippen LogP contribution in [0.25, 0.3) is 0 Å². The summed E-state index contributed by atoms with van der Waals surface area (Å²) in [6.07, 6.45) is 0.690. The van der Waals surface area contributed by atoms with Crippen molar-refractivity contribution in [3.8, 4) is 0 Å². The van der Waals surface area contributed by atoms with Gasteiger partial charge in [0.25, 0.3) is 5.91 Å². The molecule has 0 radical (unpaired) electrons. The third kappa shape index (κ3) is 5.33. The second-order valence-electron chi connectivity index (χ2n) is 3.53. The molecule has 0 aromatic heterocycles. The first kappa shape index (κ1) is 15.4. The van der Waals surface area contributed by atoms with Crippen molar-refractivity contribution in [2.75, 3.05) is 25.6 Å². The molecule has 0 saturated heterocycles. The van der Waals surface area contributed by atoms with Crippen LogP contribution >= 0.6 is 27.5 Å². The molecule has 0 aliphatic heterocycles. The maximum atomic E-state index is 13.0. The second kappa shape index (κ2) is 8.45. The number of nitrogens with one attached hydrogen (secondary N) is 1. The molecule has 100 valence electrons. The van der Waals surface area contributed by atoms with Gasteiger partial charge in [-0.25, -0.2) is 4.39 Å². The van der Waals surface area contributed by atoms with Gasteiger partial charge in [-0.1, -0.05) is 0 Å². The predicted octanol–water partition coefficient (Wildman–Crippen LogP) is 2.96. The lowest BCUT2D eigenvalue weighted by Gasteiger charge is -2.07. The van der Waals surface area contributed by atoms with Crippen LogP contribution in [0.5, 0.6) is 0 Å². The van der Waals surface area contributed by atoms with Crippen LogP contribution in [-0.4, -0.2) is 31.5 Å². The summed E-state index contributed by atoms with van der Waals surface area (Å²) < 4.78 is 18.7. The fourth-order valence-corrected chi connectivity index (χ4v) is 1.84. The molecule has 0 spiro atoms. The van der Waals surface area contributed by atoms with E-state index in [9.17, 15) is 9.18 Å². The number of ether oxygens (including phenoxy) is 1. The van der Waals surface area contributed by atoms with Gasteiger partial charge in [0.1, 0.15) is 5.82 Å². The van der Waals surface area contributed by atoms with Gasteiger partial charge < -0.3 is 10.1 Å². The summed E-state index contributed by atoms with van der Waals surface area (Å²) in [5.41, 5.74) is 0.289. The van der Waals surface area contributed by atoms with Crippen molar-refractivity contribution in [2.45, 2.75) is 6.42 Å². The highest BCUT2D eigenvalue weighted by Gasteiger charge is 2.10. The Balaban J connectivity index is 2.34. The topological polar surface area (TPSA) is 38.3 Å². The van der Waals surface area contributed by atoms with Crippen molar-refractivity contribution in [1.82, 2.24) is 5.32 Å². The Morgan fingerprint density at radius 3 is 2.94 bits per heavy atom. The standard InChI is InChI=1S/C12H14BrClFNO2/c13-11-3-2-9(15)8-10(11)12(17)16-5-1-6-18-7-4-14/h2-3,8H,1,4-7H2,(H,16,17). The van der Waals surface area contributed by atoms with Crippen LogP contribution in [0.3, 0.4) is 0 Å². The number of hydrogen-bond donors (Lipinski definition) is 1. The molecular formula is C12H14BrClFNO2. The molecule has 0 fully saturated rings. The molecule has 0 aliphatic rings. The molecular weight excluding hydrogens is 324 g/mol. The SMILES string of the molecule is O=C(NCCCOCCCl)c1cc(F)ccc1Br. The molecule has 1 rings (SSSR count). The molecule has 0 heterocycles. The van der Waals surface area contributed by atoms with Gasteiger partial charge in [0, 0.05) is 23.5 Å². The van der Waals surface area contributed by atoms with E-state index in [-0.39, 0.29) is 11.5 Å². The maximum absolute atomic E-state index is 13.0. The van der Waals surface area contributed by atoms with Crippen molar-refractivity contribution < 1.29 is 13.9 Å². The van der Waals surface area contributed by atoms with E-state index in [0.29, 0.717) is 36.5 Å². The van der Waals surface area contributed by atoms with Crippen molar-refractivity contribution in [1.29, 1.82) is 0 Å². The minimum absolute atomic E-state index is 0.289. The molecule has 0 aliphatic carbocycles. The summed E-state index contributed by atoms with van der Waals surface area (Å²) in [5, 5.41) is 2.70. The van der Waals surface area contributed by atoms with Crippen molar-refractivity contribution in [3.63, 3.8) is 0 Å². The molecule has 1 aromatic rings. The Bertz CT molecular complexity index is 404. The van der Waals surface area contributed by atoms with E-state index >= 15 is 0 Å². The molecule has 0 atom stereocenters. The van der Waals surface area contributed by atoms with Gasteiger partial charge in [-0.15, -0.1) is 11.6 Å². The van der Waals surface area contributed by atoms with Gasteiger partial charge in [-0.2, -0.15) is 0 Å². The Morgan fingerprint density at radius 2 is 2.22 bits per heavy atom. The Kier molecular flexibility index (Phi) is 7.23. The van der Waals surface area contributed by atoms with E-state index in [4.69, 9.17) is 16.3 Å². The third-order valence-electron chi connectivity index (χ3n) is 2.15. The van der Waals surface area contributed by atoms with Crippen LogP contribution in [-0.2, 0) is 4.74 Å². The Hall–Kier alpha value is -0.650. The second-order valence-corrected chi connectivity index (χ2v) is 4.77. The Morgan fingerprint density at radius 1 is 1.44 bits per heavy atom. The number of halogens is 3. The van der Waals surface area contributed by atoms with Crippen LogP contribution in [0.2, 0.25) is 0 Å². The van der Waals surface area contributed by atoms with Gasteiger partial charge in [0.05, 0.1) is 12.2 Å². The van der Waals surface area contributed by atoms with Gasteiger partial charge in [-0.05, 0) is 40.5 Å². The van der Waals surface area contributed by atoms with E-state index in [2.05, 4.69) is 21.2 Å². The summed E-state index contributed by atoms with van der Waals surface area (Å²) >= 11 is 8.65. The molecule has 0 bridgehead atoms. The normalized spacial score (nSPS) is 10.4. The molecule has 1 amide bonds. The fourth-order valence-electron chi connectivity index (χ4n) is 1.30. The lowest BCUT2D eigenvalue weighted by molar-refractivity contribution is 0.0943. The van der Waals surface area contributed by atoms with Crippen molar-refractivity contribution >= 4 is 33.4 Å². The van der Waals surface area contributed by atoms with E-state index < -0.39 is 5.82 Å². The Labute approximate surface area is 119 Å². The molecule has 0 unspecified atom stereocenters. The highest BCUT2D eigenvalue weighted by Crippen LogP contribution is 2.17. The highest BCUT2D eigenvalue weighted by atomic mass is 79.9. The maximum Gasteiger partial charge on any atom is 0.252 e. The number of carbonyl (C=O) groups is 1. The summed E-state index contributed by atoms with van der Waals surface area (Å²) in [6, 6.07) is 4.00. The monoisotopic (exact) mass is 337 g/mol. The number of amides is 1. The van der Waals surface area contributed by atoms with E-state index in [1.54, 1.807) is 0 Å². The lowest BCUT2D eigenvalue weighted by Crippen LogP contribution is -2.25. The minimum atomic E-state index is -0.436. The number of alkyl halides is 1. The first-order chi connectivity index (χ1) is 8.65.